The molecule has 172 valence electrons. The molecule has 0 fully saturated rings. The minimum absolute atomic E-state index is 0.131. The molecule has 4 rings (SSSR count). The first kappa shape index (κ1) is 24.3. The Bertz CT molecular complexity index is 1310. The number of thioether (sulfide) groups is 1. The lowest BCUT2D eigenvalue weighted by Gasteiger charge is -2.11. The highest BCUT2D eigenvalue weighted by atomic mass is 35.5. The summed E-state index contributed by atoms with van der Waals surface area (Å²) in [5, 5.41) is 8.60. The summed E-state index contributed by atoms with van der Waals surface area (Å²) in [5.41, 5.74) is 2.80. The number of carbonyl (C=O) groups is 2. The topological polar surface area (TPSA) is 71.1 Å². The van der Waals surface area contributed by atoms with Gasteiger partial charge in [-0.15, -0.1) is 23.1 Å². The van der Waals surface area contributed by atoms with Gasteiger partial charge < -0.3 is 10.6 Å². The predicted molar refractivity (Wildman–Crippen MR) is 142 cm³/mol. The van der Waals surface area contributed by atoms with Crippen molar-refractivity contribution in [2.75, 3.05) is 10.6 Å². The van der Waals surface area contributed by atoms with E-state index in [0.29, 0.717) is 21.4 Å². The second kappa shape index (κ2) is 11.1. The summed E-state index contributed by atoms with van der Waals surface area (Å²) in [6.45, 7) is 1.84. The summed E-state index contributed by atoms with van der Waals surface area (Å²) < 4.78 is 0. The Hall–Kier alpha value is -2.84. The Kier molecular flexibility index (Phi) is 7.90. The van der Waals surface area contributed by atoms with E-state index in [1.54, 1.807) is 24.3 Å². The molecule has 0 aliphatic heterocycles. The van der Waals surface area contributed by atoms with Crippen LogP contribution in [0.3, 0.4) is 0 Å². The van der Waals surface area contributed by atoms with Crippen LogP contribution in [0, 0.1) is 0 Å². The number of carbonyl (C=O) groups excluding carboxylic acids is 2. The van der Waals surface area contributed by atoms with E-state index in [-0.39, 0.29) is 22.1 Å². The van der Waals surface area contributed by atoms with Crippen LogP contribution in [0.1, 0.15) is 17.3 Å². The fourth-order valence-electron chi connectivity index (χ4n) is 3.03. The molecule has 3 aromatic carbocycles. The number of benzene rings is 3. The van der Waals surface area contributed by atoms with Crippen LogP contribution in [0.2, 0.25) is 10.0 Å². The standard InChI is InChI=1S/C25H19Cl2N3O2S2/c1-15(23(31)30-25-29-22(14-33-25)16-5-3-2-4-6-16)34-19-10-8-18(9-11-19)28-24(32)20-12-7-17(26)13-21(20)27/h2-15H,1H3,(H,28,32)(H,29,30,31). The maximum absolute atomic E-state index is 12.6. The average molecular weight is 528 g/mol. The van der Waals surface area contributed by atoms with Crippen molar-refractivity contribution in [2.45, 2.75) is 17.1 Å². The summed E-state index contributed by atoms with van der Waals surface area (Å²) >= 11 is 14.8. The van der Waals surface area contributed by atoms with Gasteiger partial charge in [-0.2, -0.15) is 0 Å². The lowest BCUT2D eigenvalue weighted by molar-refractivity contribution is -0.115. The molecule has 4 aromatic rings. The van der Waals surface area contributed by atoms with Crippen LogP contribution in [0.15, 0.2) is 83.1 Å². The zero-order valence-corrected chi connectivity index (χ0v) is 21.1. The van der Waals surface area contributed by atoms with E-state index >= 15 is 0 Å². The van der Waals surface area contributed by atoms with Crippen LogP contribution in [-0.2, 0) is 4.79 Å². The Balaban J connectivity index is 1.32. The van der Waals surface area contributed by atoms with Crippen LogP contribution in [-0.4, -0.2) is 22.0 Å². The number of thiazole rings is 1. The second-order valence-corrected chi connectivity index (χ2v) is 10.4. The first-order chi connectivity index (χ1) is 16.4. The van der Waals surface area contributed by atoms with Gasteiger partial charge in [-0.1, -0.05) is 53.5 Å². The summed E-state index contributed by atoms with van der Waals surface area (Å²) in [7, 11) is 0. The van der Waals surface area contributed by atoms with Crippen molar-refractivity contribution in [1.29, 1.82) is 0 Å². The number of nitrogens with one attached hydrogen (secondary N) is 2. The Labute approximate surface area is 215 Å². The minimum atomic E-state index is -0.336. The van der Waals surface area contributed by atoms with Crippen LogP contribution < -0.4 is 10.6 Å². The molecular formula is C25H19Cl2N3O2S2. The van der Waals surface area contributed by atoms with Gasteiger partial charge in [-0.05, 0) is 49.4 Å². The second-order valence-electron chi connectivity index (χ2n) is 7.26. The number of aromatic nitrogens is 1. The molecule has 0 aliphatic carbocycles. The number of halogens is 2. The number of rotatable bonds is 7. The van der Waals surface area contributed by atoms with Gasteiger partial charge in [0.1, 0.15) is 0 Å². The van der Waals surface area contributed by atoms with Gasteiger partial charge in [0.05, 0.1) is 21.5 Å². The molecule has 2 N–H and O–H groups in total. The van der Waals surface area contributed by atoms with Crippen LogP contribution in [0.5, 0.6) is 0 Å². The molecule has 1 aromatic heterocycles. The van der Waals surface area contributed by atoms with E-state index in [9.17, 15) is 9.59 Å². The van der Waals surface area contributed by atoms with Gasteiger partial charge in [0.2, 0.25) is 5.91 Å². The lowest BCUT2D eigenvalue weighted by Crippen LogP contribution is -2.22. The third kappa shape index (κ3) is 6.18. The first-order valence-corrected chi connectivity index (χ1v) is 12.8. The molecule has 1 atom stereocenters. The van der Waals surface area contributed by atoms with Gasteiger partial charge in [-0.25, -0.2) is 4.98 Å². The number of nitrogens with zero attached hydrogens (tertiary/aromatic N) is 1. The van der Waals surface area contributed by atoms with Crippen molar-refractivity contribution in [3.63, 3.8) is 0 Å². The Morgan fingerprint density at radius 1 is 0.971 bits per heavy atom. The summed E-state index contributed by atoms with van der Waals surface area (Å²) in [5.74, 6) is -0.457. The zero-order valence-electron chi connectivity index (χ0n) is 17.9. The highest BCUT2D eigenvalue weighted by Crippen LogP contribution is 2.28. The van der Waals surface area contributed by atoms with Crippen molar-refractivity contribution in [1.82, 2.24) is 4.98 Å². The third-order valence-corrected chi connectivity index (χ3v) is 7.19. The number of hydrogen-bond acceptors (Lipinski definition) is 5. The van der Waals surface area contributed by atoms with E-state index in [1.165, 1.54) is 29.2 Å². The zero-order chi connectivity index (χ0) is 24.1. The third-order valence-electron chi connectivity index (χ3n) is 4.77. The molecule has 34 heavy (non-hydrogen) atoms. The number of anilines is 2. The van der Waals surface area contributed by atoms with E-state index < -0.39 is 0 Å². The Morgan fingerprint density at radius 3 is 2.41 bits per heavy atom. The molecule has 2 amide bonds. The molecule has 9 heteroatoms. The number of hydrogen-bond donors (Lipinski definition) is 2. The molecule has 0 aliphatic rings. The van der Waals surface area contributed by atoms with E-state index in [2.05, 4.69) is 15.6 Å². The van der Waals surface area contributed by atoms with Crippen molar-refractivity contribution in [2.24, 2.45) is 0 Å². The number of amides is 2. The summed E-state index contributed by atoms with van der Waals surface area (Å²) in [4.78, 5) is 30.5. The molecule has 1 unspecified atom stereocenters. The van der Waals surface area contributed by atoms with Gasteiger partial charge >= 0.3 is 0 Å². The molecular weight excluding hydrogens is 509 g/mol. The SMILES string of the molecule is CC(Sc1ccc(NC(=O)c2ccc(Cl)cc2Cl)cc1)C(=O)Nc1nc(-c2ccccc2)cs1. The summed E-state index contributed by atoms with van der Waals surface area (Å²) in [6.07, 6.45) is 0. The average Bonchev–Trinajstić information content (AvgIpc) is 3.29. The van der Waals surface area contributed by atoms with Gasteiger partial charge in [0.25, 0.3) is 5.91 Å². The van der Waals surface area contributed by atoms with E-state index in [4.69, 9.17) is 23.2 Å². The normalized spacial score (nSPS) is 11.6. The van der Waals surface area contributed by atoms with Crippen molar-refractivity contribution in [3.8, 4) is 11.3 Å². The predicted octanol–water partition coefficient (Wildman–Crippen LogP) is 7.49. The van der Waals surface area contributed by atoms with Crippen LogP contribution in [0.4, 0.5) is 10.8 Å². The monoisotopic (exact) mass is 527 g/mol. The highest BCUT2D eigenvalue weighted by Gasteiger charge is 2.17. The van der Waals surface area contributed by atoms with Gasteiger partial charge in [-0.3, -0.25) is 9.59 Å². The maximum atomic E-state index is 12.6. The molecule has 0 spiro atoms. The smallest absolute Gasteiger partial charge is 0.257 e. The quantitative estimate of drug-likeness (QED) is 0.244. The molecule has 0 bridgehead atoms. The summed E-state index contributed by atoms with van der Waals surface area (Å²) in [6, 6.07) is 21.8. The maximum Gasteiger partial charge on any atom is 0.257 e. The van der Waals surface area contributed by atoms with Crippen molar-refractivity contribution >= 4 is 68.9 Å². The molecule has 0 radical (unpaired) electrons. The Morgan fingerprint density at radius 2 is 1.71 bits per heavy atom. The van der Waals surface area contributed by atoms with Crippen molar-refractivity contribution in [3.05, 3.63) is 93.8 Å². The molecule has 1 heterocycles. The van der Waals surface area contributed by atoms with E-state index in [1.807, 2.05) is 54.8 Å². The van der Waals surface area contributed by atoms with Crippen molar-refractivity contribution < 1.29 is 9.59 Å². The van der Waals surface area contributed by atoms with Gasteiger partial charge in [0, 0.05) is 26.5 Å². The largest absolute Gasteiger partial charge is 0.322 e. The lowest BCUT2D eigenvalue weighted by atomic mass is 10.2. The van der Waals surface area contributed by atoms with Gasteiger partial charge in [0.15, 0.2) is 5.13 Å². The highest BCUT2D eigenvalue weighted by molar-refractivity contribution is 8.00. The molecule has 0 saturated carbocycles. The molecule has 5 nitrogen and oxygen atoms in total. The first-order valence-electron chi connectivity index (χ1n) is 10.2. The van der Waals surface area contributed by atoms with Crippen LogP contribution in [0.25, 0.3) is 11.3 Å². The van der Waals surface area contributed by atoms with Crippen LogP contribution >= 0.6 is 46.3 Å². The fraction of sp³-hybridized carbons (Fsp3) is 0.0800. The fourth-order valence-corrected chi connectivity index (χ4v) is 5.11. The van der Waals surface area contributed by atoms with E-state index in [0.717, 1.165) is 16.2 Å². The molecule has 0 saturated heterocycles. The minimum Gasteiger partial charge on any atom is -0.322 e.